The number of allylic oxidation sites excluding steroid dienone is 1. The predicted molar refractivity (Wildman–Crippen MR) is 134 cm³/mol. The average molecular weight is 420 g/mol. The van der Waals surface area contributed by atoms with E-state index in [4.69, 9.17) is 4.74 Å². The van der Waals surface area contributed by atoms with Crippen molar-refractivity contribution >= 4 is 14.9 Å². The monoisotopic (exact) mass is 419 g/mol. The summed E-state index contributed by atoms with van der Waals surface area (Å²) in [4.78, 5) is 0. The Morgan fingerprint density at radius 3 is 2.20 bits per heavy atom. The zero-order valence-electron chi connectivity index (χ0n) is 20.2. The smallest absolute Gasteiger partial charge is 0.122 e. The summed E-state index contributed by atoms with van der Waals surface area (Å²) in [5.74, 6) is 1.90. The second-order valence-electron chi connectivity index (χ2n) is 9.59. The molecular weight excluding hydrogens is 380 g/mol. The summed E-state index contributed by atoms with van der Waals surface area (Å²) < 4.78 is 5.78. The van der Waals surface area contributed by atoms with Crippen molar-refractivity contribution in [1.29, 1.82) is 0 Å². The summed E-state index contributed by atoms with van der Waals surface area (Å²) in [5, 5.41) is 0. The zero-order valence-corrected chi connectivity index (χ0v) is 21.2. The molecule has 1 nitrogen and oxygen atoms in total. The van der Waals surface area contributed by atoms with Crippen LogP contribution in [0.15, 0.2) is 35.9 Å². The fraction of sp³-hybridized carbons (Fsp3) is 0.500. The second kappa shape index (κ2) is 9.56. The van der Waals surface area contributed by atoms with E-state index in [2.05, 4.69) is 84.1 Å². The first kappa shape index (κ1) is 22.9. The van der Waals surface area contributed by atoms with Gasteiger partial charge in [-0.1, -0.05) is 90.0 Å². The molecule has 2 heteroatoms. The van der Waals surface area contributed by atoms with Crippen LogP contribution in [-0.4, -0.2) is 15.9 Å². The van der Waals surface area contributed by atoms with Gasteiger partial charge in [-0.3, -0.25) is 0 Å². The normalized spacial score (nSPS) is 15.8. The van der Waals surface area contributed by atoms with Crippen molar-refractivity contribution < 1.29 is 4.74 Å². The number of hydrogen-bond donors (Lipinski definition) is 0. The minimum Gasteiger partial charge on any atom is -0.496 e. The lowest BCUT2D eigenvalue weighted by Crippen LogP contribution is -2.16. The van der Waals surface area contributed by atoms with Crippen LogP contribution in [0.4, 0.5) is 0 Å². The van der Waals surface area contributed by atoms with E-state index >= 15 is 0 Å². The molecule has 0 amide bonds. The van der Waals surface area contributed by atoms with E-state index in [9.17, 15) is 0 Å². The first-order chi connectivity index (χ1) is 14.3. The van der Waals surface area contributed by atoms with Crippen molar-refractivity contribution in [3.8, 4) is 16.9 Å². The zero-order chi connectivity index (χ0) is 22.0. The molecule has 1 radical (unpaired) electrons. The quantitative estimate of drug-likeness (QED) is 0.389. The molecule has 0 heterocycles. The van der Waals surface area contributed by atoms with Crippen LogP contribution >= 0.6 is 0 Å². The van der Waals surface area contributed by atoms with Gasteiger partial charge in [0.1, 0.15) is 5.75 Å². The van der Waals surface area contributed by atoms with E-state index in [1.807, 2.05) is 0 Å². The summed E-state index contributed by atoms with van der Waals surface area (Å²) in [6.45, 7) is 16.4. The molecule has 161 valence electrons. The molecule has 0 saturated carbocycles. The van der Waals surface area contributed by atoms with E-state index in [0.717, 1.165) is 5.75 Å². The highest BCUT2D eigenvalue weighted by atomic mass is 28.3. The summed E-state index contributed by atoms with van der Waals surface area (Å²) in [7, 11) is 1.35. The molecule has 1 aliphatic rings. The van der Waals surface area contributed by atoms with E-state index < -0.39 is 8.80 Å². The molecule has 2 aromatic rings. The fourth-order valence-corrected chi connectivity index (χ4v) is 7.07. The van der Waals surface area contributed by atoms with Crippen molar-refractivity contribution in [2.75, 3.05) is 7.11 Å². The topological polar surface area (TPSA) is 9.23 Å². The molecule has 0 N–H and O–H groups in total. The van der Waals surface area contributed by atoms with Crippen LogP contribution in [0.1, 0.15) is 93.5 Å². The third-order valence-electron chi connectivity index (χ3n) is 6.46. The van der Waals surface area contributed by atoms with Crippen molar-refractivity contribution in [2.24, 2.45) is 0 Å². The van der Waals surface area contributed by atoms with Gasteiger partial charge in [0.2, 0.25) is 0 Å². The number of rotatable bonds is 8. The van der Waals surface area contributed by atoms with Crippen LogP contribution in [0.3, 0.4) is 0 Å². The van der Waals surface area contributed by atoms with Crippen molar-refractivity contribution in [2.45, 2.75) is 84.4 Å². The average Bonchev–Trinajstić information content (AvgIpc) is 3.09. The third kappa shape index (κ3) is 4.16. The first-order valence-electron chi connectivity index (χ1n) is 11.7. The van der Waals surface area contributed by atoms with Gasteiger partial charge in [-0.15, -0.1) is 0 Å². The Morgan fingerprint density at radius 1 is 0.933 bits per heavy atom. The molecule has 0 spiro atoms. The molecule has 3 rings (SSSR count). The standard InChI is InChI=1S/C28H39OSi/c1-9-10-12-20-17-24-21(13-11-14-23(24)28(20)30(7)8)22-15-16-25(29-6)27(19(4)5)26(22)18(2)3/h11,13-19,28H,9-10,12H2,1-8H3. The van der Waals surface area contributed by atoms with Crippen LogP contribution in [0.25, 0.3) is 17.2 Å². The minimum absolute atomic E-state index is 0.429. The number of unbranched alkanes of at least 4 members (excludes halogenated alkanes) is 1. The number of methoxy groups -OCH3 is 1. The molecular formula is C28H39OSi. The summed E-state index contributed by atoms with van der Waals surface area (Å²) in [6.07, 6.45) is 6.34. The first-order valence-corrected chi connectivity index (χ1v) is 14.2. The Hall–Kier alpha value is -1.80. The molecule has 0 bridgehead atoms. The lowest BCUT2D eigenvalue weighted by molar-refractivity contribution is 0.406. The van der Waals surface area contributed by atoms with Crippen LogP contribution in [0, 0.1) is 0 Å². The Labute approximate surface area is 186 Å². The molecule has 30 heavy (non-hydrogen) atoms. The minimum atomic E-state index is -0.446. The number of fused-ring (bicyclic) bond motifs is 1. The Balaban J connectivity index is 2.25. The Bertz CT molecular complexity index is 920. The lowest BCUT2D eigenvalue weighted by Gasteiger charge is -2.25. The fourth-order valence-electron chi connectivity index (χ4n) is 5.23. The highest BCUT2D eigenvalue weighted by Crippen LogP contribution is 2.47. The van der Waals surface area contributed by atoms with Crippen LogP contribution in [0.5, 0.6) is 5.75 Å². The summed E-state index contributed by atoms with van der Waals surface area (Å²) >= 11 is 0. The highest BCUT2D eigenvalue weighted by Gasteiger charge is 2.30. The molecule has 0 saturated heterocycles. The van der Waals surface area contributed by atoms with Crippen LogP contribution in [-0.2, 0) is 0 Å². The maximum absolute atomic E-state index is 5.78. The SMILES string of the molecule is CCCCC1=Cc2c(-c3ccc(OC)c(C(C)C)c3C(C)C)cccc2C1[Si](C)C. The molecule has 1 unspecified atom stereocenters. The Kier molecular flexibility index (Phi) is 7.28. The van der Waals surface area contributed by atoms with Gasteiger partial charge in [0.25, 0.3) is 0 Å². The maximum Gasteiger partial charge on any atom is 0.122 e. The summed E-state index contributed by atoms with van der Waals surface area (Å²) in [6, 6.07) is 11.5. The second-order valence-corrected chi connectivity index (χ2v) is 12.3. The van der Waals surface area contributed by atoms with Crippen LogP contribution < -0.4 is 4.74 Å². The van der Waals surface area contributed by atoms with Gasteiger partial charge in [0, 0.05) is 5.56 Å². The molecule has 2 aromatic carbocycles. The Morgan fingerprint density at radius 2 is 1.63 bits per heavy atom. The molecule has 0 aromatic heterocycles. The van der Waals surface area contributed by atoms with Gasteiger partial charge in [-0.05, 0) is 64.1 Å². The van der Waals surface area contributed by atoms with Crippen molar-refractivity contribution in [3.63, 3.8) is 0 Å². The molecule has 1 aliphatic carbocycles. The maximum atomic E-state index is 5.78. The number of ether oxygens (including phenoxy) is 1. The third-order valence-corrected chi connectivity index (χ3v) is 8.30. The van der Waals surface area contributed by atoms with E-state index in [1.165, 1.54) is 47.1 Å². The molecule has 1 atom stereocenters. The molecule has 0 aliphatic heterocycles. The van der Waals surface area contributed by atoms with Gasteiger partial charge in [-0.2, -0.15) is 0 Å². The highest BCUT2D eigenvalue weighted by molar-refractivity contribution is 6.58. The van der Waals surface area contributed by atoms with Crippen LogP contribution in [0.2, 0.25) is 13.1 Å². The summed E-state index contributed by atoms with van der Waals surface area (Å²) in [5.41, 5.74) is 11.0. The number of benzene rings is 2. The number of hydrogen-bond acceptors (Lipinski definition) is 1. The van der Waals surface area contributed by atoms with Crippen molar-refractivity contribution in [3.05, 3.63) is 58.2 Å². The largest absolute Gasteiger partial charge is 0.496 e. The van der Waals surface area contributed by atoms with Gasteiger partial charge < -0.3 is 4.74 Å². The van der Waals surface area contributed by atoms with Gasteiger partial charge in [0.05, 0.1) is 15.9 Å². The van der Waals surface area contributed by atoms with E-state index in [0.29, 0.717) is 17.4 Å². The van der Waals surface area contributed by atoms with Gasteiger partial charge >= 0.3 is 0 Å². The van der Waals surface area contributed by atoms with E-state index in [1.54, 1.807) is 18.2 Å². The van der Waals surface area contributed by atoms with Gasteiger partial charge in [-0.25, -0.2) is 0 Å². The van der Waals surface area contributed by atoms with E-state index in [-0.39, 0.29) is 0 Å². The lowest BCUT2D eigenvalue weighted by atomic mass is 9.82. The van der Waals surface area contributed by atoms with Crippen molar-refractivity contribution in [1.82, 2.24) is 0 Å². The molecule has 0 fully saturated rings. The predicted octanol–water partition coefficient (Wildman–Crippen LogP) is 8.57. The van der Waals surface area contributed by atoms with Gasteiger partial charge in [0.15, 0.2) is 0 Å².